The Balaban J connectivity index is 1.43. The summed E-state index contributed by atoms with van der Waals surface area (Å²) in [5.41, 5.74) is 1.73. The van der Waals surface area contributed by atoms with Crippen molar-refractivity contribution < 1.29 is 19.1 Å². The van der Waals surface area contributed by atoms with Gasteiger partial charge in [0.05, 0.1) is 11.6 Å². The molecule has 0 atom stereocenters. The van der Waals surface area contributed by atoms with E-state index in [4.69, 9.17) is 5.11 Å². The average molecular weight is 418 g/mol. The summed E-state index contributed by atoms with van der Waals surface area (Å²) >= 11 is 1.52. The van der Waals surface area contributed by atoms with Gasteiger partial charge in [-0.2, -0.15) is 0 Å². The molecule has 2 heterocycles. The molecule has 3 N–H and O–H groups in total. The van der Waals surface area contributed by atoms with E-state index in [9.17, 15) is 14.0 Å². The van der Waals surface area contributed by atoms with Crippen LogP contribution in [0.4, 0.5) is 4.39 Å². The van der Waals surface area contributed by atoms with Crippen molar-refractivity contribution in [2.45, 2.75) is 44.6 Å². The number of carbonyl (C=O) groups excluding carboxylic acids is 1. The van der Waals surface area contributed by atoms with Crippen LogP contribution in [0.1, 0.15) is 46.6 Å². The summed E-state index contributed by atoms with van der Waals surface area (Å²) < 4.78 is 14.8. The third kappa shape index (κ3) is 4.48. The number of nitrogens with one attached hydrogen (secondary N) is 2. The van der Waals surface area contributed by atoms with Gasteiger partial charge in [-0.25, -0.2) is 9.37 Å². The molecular weight excluding hydrogens is 393 g/mol. The molecule has 6 nitrogen and oxygen atoms in total. The molecule has 154 valence electrons. The number of aliphatic carboxylic acids is 1. The fourth-order valence-corrected chi connectivity index (χ4v) is 5.14. The Kier molecular flexibility index (Phi) is 5.91. The quantitative estimate of drug-likeness (QED) is 0.711. The molecule has 0 bridgehead atoms. The summed E-state index contributed by atoms with van der Waals surface area (Å²) in [5, 5.41) is 16.0. The lowest BCUT2D eigenvalue weighted by Crippen LogP contribution is -2.38. The lowest BCUT2D eigenvalue weighted by Gasteiger charge is -2.26. The molecule has 0 radical (unpaired) electrons. The molecule has 1 aromatic heterocycles. The molecule has 2 aliphatic rings. The fourth-order valence-electron chi connectivity index (χ4n) is 4.01. The van der Waals surface area contributed by atoms with Crippen LogP contribution in [0.3, 0.4) is 0 Å². The Bertz CT molecular complexity index is 898. The van der Waals surface area contributed by atoms with Crippen LogP contribution in [0.25, 0.3) is 10.6 Å². The van der Waals surface area contributed by atoms with E-state index in [1.54, 1.807) is 12.1 Å². The molecule has 1 aromatic carbocycles. The van der Waals surface area contributed by atoms with Crippen molar-refractivity contribution in [3.05, 3.63) is 40.2 Å². The summed E-state index contributed by atoms with van der Waals surface area (Å²) in [6.07, 6.45) is 4.11. The van der Waals surface area contributed by atoms with Crippen LogP contribution in [0.15, 0.2) is 18.2 Å². The first-order valence-electron chi connectivity index (χ1n) is 10.0. The minimum absolute atomic E-state index is 0.0657. The number of fused-ring (bicyclic) bond motifs is 1. The molecule has 4 rings (SSSR count). The lowest BCUT2D eigenvalue weighted by atomic mass is 9.86. The van der Waals surface area contributed by atoms with Crippen molar-refractivity contribution in [3.63, 3.8) is 0 Å². The monoisotopic (exact) mass is 417 g/mol. The minimum atomic E-state index is -0.775. The van der Waals surface area contributed by atoms with E-state index in [0.29, 0.717) is 36.3 Å². The molecule has 1 aliphatic carbocycles. The summed E-state index contributed by atoms with van der Waals surface area (Å²) in [6.45, 7) is 1.79. The second kappa shape index (κ2) is 8.59. The zero-order valence-corrected chi connectivity index (χ0v) is 16.9. The molecule has 1 aliphatic heterocycles. The van der Waals surface area contributed by atoms with Gasteiger partial charge in [0.1, 0.15) is 10.8 Å². The van der Waals surface area contributed by atoms with Crippen molar-refractivity contribution in [1.29, 1.82) is 0 Å². The van der Waals surface area contributed by atoms with Gasteiger partial charge in [0.2, 0.25) is 0 Å². The molecule has 8 heteroatoms. The second-order valence-electron chi connectivity index (χ2n) is 7.69. The number of carboxylic acid groups (broad SMARTS) is 1. The zero-order valence-electron chi connectivity index (χ0n) is 16.0. The molecule has 1 amide bonds. The van der Waals surface area contributed by atoms with Crippen LogP contribution in [-0.2, 0) is 17.6 Å². The molecule has 0 spiro atoms. The van der Waals surface area contributed by atoms with E-state index in [1.807, 2.05) is 0 Å². The van der Waals surface area contributed by atoms with Gasteiger partial charge in [0.25, 0.3) is 5.91 Å². The minimum Gasteiger partial charge on any atom is -0.481 e. The first-order valence-corrected chi connectivity index (χ1v) is 10.9. The highest BCUT2D eigenvalue weighted by Crippen LogP contribution is 2.32. The van der Waals surface area contributed by atoms with Gasteiger partial charge in [-0.15, -0.1) is 11.3 Å². The smallest absolute Gasteiger partial charge is 0.306 e. The Morgan fingerprint density at radius 3 is 2.66 bits per heavy atom. The van der Waals surface area contributed by atoms with Gasteiger partial charge in [-0.05, 0) is 50.3 Å². The zero-order chi connectivity index (χ0) is 20.4. The normalized spacial score (nSPS) is 21.8. The van der Waals surface area contributed by atoms with Crippen molar-refractivity contribution >= 4 is 23.2 Å². The lowest BCUT2D eigenvalue weighted by molar-refractivity contribution is -0.142. The number of aromatic nitrogens is 1. The Morgan fingerprint density at radius 1 is 1.17 bits per heavy atom. The molecule has 2 aromatic rings. The topological polar surface area (TPSA) is 91.3 Å². The van der Waals surface area contributed by atoms with Gasteiger partial charge in [0.15, 0.2) is 0 Å². The number of hydrogen-bond acceptors (Lipinski definition) is 5. The van der Waals surface area contributed by atoms with E-state index >= 15 is 0 Å². The standard InChI is InChI=1S/C21H24FN3O3S/c22-16-11-13(19(26)24-14-4-1-12(2-5-14)21(27)28)3-6-15(16)20-25-17-7-9-23-10-8-18(17)29-20/h3,6,11-12,14,23H,1-2,4-5,7-10H2,(H,24,26)(H,27,28). The van der Waals surface area contributed by atoms with Crippen LogP contribution in [-0.4, -0.2) is 41.1 Å². The largest absolute Gasteiger partial charge is 0.481 e. The molecule has 1 fully saturated rings. The fraction of sp³-hybridized carbons (Fsp3) is 0.476. The predicted octanol–water partition coefficient (Wildman–Crippen LogP) is 3.01. The van der Waals surface area contributed by atoms with Crippen molar-refractivity contribution in [3.8, 4) is 10.6 Å². The number of rotatable bonds is 4. The van der Waals surface area contributed by atoms with Crippen LogP contribution >= 0.6 is 11.3 Å². The molecular formula is C21H24FN3O3S. The number of amides is 1. The van der Waals surface area contributed by atoms with E-state index in [0.717, 1.165) is 31.6 Å². The third-order valence-electron chi connectivity index (χ3n) is 5.72. The average Bonchev–Trinajstić information content (AvgIpc) is 2.98. The Labute approximate surface area is 172 Å². The highest BCUT2D eigenvalue weighted by molar-refractivity contribution is 7.15. The van der Waals surface area contributed by atoms with Crippen molar-refractivity contribution in [1.82, 2.24) is 15.6 Å². The van der Waals surface area contributed by atoms with Crippen LogP contribution in [0.5, 0.6) is 0 Å². The number of thiazole rings is 1. The van der Waals surface area contributed by atoms with E-state index in [-0.39, 0.29) is 23.4 Å². The number of benzene rings is 1. The first kappa shape index (κ1) is 20.0. The van der Waals surface area contributed by atoms with E-state index in [2.05, 4.69) is 15.6 Å². The number of carbonyl (C=O) groups is 2. The highest BCUT2D eigenvalue weighted by Gasteiger charge is 2.27. The molecule has 0 saturated heterocycles. The maximum Gasteiger partial charge on any atom is 0.306 e. The number of nitrogens with zero attached hydrogens (tertiary/aromatic N) is 1. The van der Waals surface area contributed by atoms with Gasteiger partial charge >= 0.3 is 5.97 Å². The van der Waals surface area contributed by atoms with Gasteiger partial charge in [-0.3, -0.25) is 9.59 Å². The Morgan fingerprint density at radius 2 is 1.93 bits per heavy atom. The van der Waals surface area contributed by atoms with E-state index in [1.165, 1.54) is 22.3 Å². The maximum absolute atomic E-state index is 14.8. The number of halogens is 1. The van der Waals surface area contributed by atoms with E-state index < -0.39 is 11.8 Å². The SMILES string of the molecule is O=C(NC1CCC(C(=O)O)CC1)c1ccc(-c2nc3c(s2)CCNCC3)c(F)c1. The number of hydrogen-bond donors (Lipinski definition) is 3. The molecule has 29 heavy (non-hydrogen) atoms. The molecule has 1 saturated carbocycles. The van der Waals surface area contributed by atoms with Crippen LogP contribution in [0, 0.1) is 11.7 Å². The van der Waals surface area contributed by atoms with Gasteiger partial charge < -0.3 is 15.7 Å². The summed E-state index contributed by atoms with van der Waals surface area (Å²) in [6, 6.07) is 4.46. The second-order valence-corrected chi connectivity index (χ2v) is 8.78. The highest BCUT2D eigenvalue weighted by atomic mass is 32.1. The van der Waals surface area contributed by atoms with Crippen LogP contribution in [0.2, 0.25) is 0 Å². The number of carboxylic acids is 1. The summed E-state index contributed by atoms with van der Waals surface area (Å²) in [5.74, 6) is -1.88. The van der Waals surface area contributed by atoms with Gasteiger partial charge in [0, 0.05) is 41.6 Å². The van der Waals surface area contributed by atoms with Gasteiger partial charge in [-0.1, -0.05) is 0 Å². The van der Waals surface area contributed by atoms with Crippen LogP contribution < -0.4 is 10.6 Å². The maximum atomic E-state index is 14.8. The summed E-state index contributed by atoms with van der Waals surface area (Å²) in [7, 11) is 0. The van der Waals surface area contributed by atoms with Crippen molar-refractivity contribution in [2.75, 3.05) is 13.1 Å². The Hall–Kier alpha value is -2.32. The predicted molar refractivity (Wildman–Crippen MR) is 109 cm³/mol. The third-order valence-corrected chi connectivity index (χ3v) is 6.91. The molecule has 0 unspecified atom stereocenters. The first-order chi connectivity index (χ1) is 14.0. The summed E-state index contributed by atoms with van der Waals surface area (Å²) in [4.78, 5) is 29.4. The van der Waals surface area contributed by atoms with Crippen molar-refractivity contribution in [2.24, 2.45) is 5.92 Å².